The van der Waals surface area contributed by atoms with Crippen LogP contribution >= 0.6 is 23.1 Å². The van der Waals surface area contributed by atoms with Crippen LogP contribution in [0.25, 0.3) is 22.2 Å². The molecule has 0 fully saturated rings. The van der Waals surface area contributed by atoms with Crippen LogP contribution in [0.3, 0.4) is 0 Å². The van der Waals surface area contributed by atoms with Crippen LogP contribution in [0.2, 0.25) is 0 Å². The summed E-state index contributed by atoms with van der Waals surface area (Å²) < 4.78 is 10.6. The molecule has 0 atom stereocenters. The van der Waals surface area contributed by atoms with Crippen LogP contribution in [-0.4, -0.2) is 32.1 Å². The van der Waals surface area contributed by atoms with Gasteiger partial charge in [0.15, 0.2) is 5.76 Å². The molecule has 1 aromatic carbocycles. The van der Waals surface area contributed by atoms with Gasteiger partial charge in [-0.3, -0.25) is 10.1 Å². The Morgan fingerprint density at radius 2 is 1.96 bits per heavy atom. The Morgan fingerprint density at radius 3 is 2.77 bits per heavy atom. The molecule has 0 aliphatic carbocycles. The number of carbonyl (C=O) groups is 1. The number of hydrogen-bond donors (Lipinski definition) is 1. The summed E-state index contributed by atoms with van der Waals surface area (Å²) in [5, 5.41) is 20.0. The van der Waals surface area contributed by atoms with Gasteiger partial charge in [-0.15, -0.1) is 20.4 Å². The van der Waals surface area contributed by atoms with E-state index in [4.69, 9.17) is 8.83 Å². The smallest absolute Gasteiger partial charge is 0.284 e. The summed E-state index contributed by atoms with van der Waals surface area (Å²) in [5.74, 6) is 0.634. The van der Waals surface area contributed by atoms with Gasteiger partial charge in [0.05, 0.1) is 12.0 Å². The van der Waals surface area contributed by atoms with Crippen molar-refractivity contribution in [3.05, 3.63) is 48.7 Å². The molecule has 8 nitrogen and oxygen atoms in total. The molecule has 1 N–H and O–H groups in total. The van der Waals surface area contributed by atoms with E-state index in [2.05, 4.69) is 25.7 Å². The van der Waals surface area contributed by atoms with Crippen molar-refractivity contribution >= 4 is 34.1 Å². The maximum Gasteiger partial charge on any atom is 0.284 e. The fourth-order valence-electron chi connectivity index (χ4n) is 2.02. The van der Waals surface area contributed by atoms with Gasteiger partial charge in [-0.2, -0.15) is 0 Å². The van der Waals surface area contributed by atoms with E-state index in [1.165, 1.54) is 17.6 Å². The predicted molar refractivity (Wildman–Crippen MR) is 96.7 cm³/mol. The van der Waals surface area contributed by atoms with E-state index in [0.717, 1.165) is 22.3 Å². The lowest BCUT2D eigenvalue weighted by Gasteiger charge is -1.98. The summed E-state index contributed by atoms with van der Waals surface area (Å²) in [6.07, 6.45) is 1.52. The van der Waals surface area contributed by atoms with E-state index in [1.54, 1.807) is 12.1 Å². The molecule has 0 radical (unpaired) electrons. The SMILES string of the molecule is O=C(CSc1nnc(-c2ccco2)o1)Nc1nnc(-c2ccccc2)s1. The summed E-state index contributed by atoms with van der Waals surface area (Å²) in [4.78, 5) is 12.1. The number of furan rings is 1. The lowest BCUT2D eigenvalue weighted by Crippen LogP contribution is -2.13. The fraction of sp³-hybridized carbons (Fsp3) is 0.0625. The Bertz CT molecular complexity index is 998. The zero-order valence-corrected chi connectivity index (χ0v) is 14.8. The molecule has 0 aliphatic heterocycles. The number of rotatable bonds is 6. The first-order valence-electron chi connectivity index (χ1n) is 7.47. The summed E-state index contributed by atoms with van der Waals surface area (Å²) in [7, 11) is 0. The number of thioether (sulfide) groups is 1. The third-order valence-corrected chi connectivity index (χ3v) is 4.86. The normalized spacial score (nSPS) is 10.8. The average molecular weight is 385 g/mol. The van der Waals surface area contributed by atoms with Gasteiger partial charge >= 0.3 is 0 Å². The molecular weight excluding hydrogens is 374 g/mol. The number of nitrogens with zero attached hydrogens (tertiary/aromatic N) is 4. The number of carbonyl (C=O) groups excluding carboxylic acids is 1. The second-order valence-corrected chi connectivity index (χ2v) is 6.87. The average Bonchev–Trinajstić information content (AvgIpc) is 3.41. The molecule has 26 heavy (non-hydrogen) atoms. The van der Waals surface area contributed by atoms with Crippen molar-refractivity contribution in [1.82, 2.24) is 20.4 Å². The third kappa shape index (κ3) is 3.81. The van der Waals surface area contributed by atoms with Crippen molar-refractivity contribution in [2.45, 2.75) is 5.22 Å². The largest absolute Gasteiger partial charge is 0.459 e. The minimum atomic E-state index is -0.233. The Hall–Kier alpha value is -2.98. The molecular formula is C16H11N5O3S2. The van der Waals surface area contributed by atoms with Crippen molar-refractivity contribution in [3.8, 4) is 22.2 Å². The Balaban J connectivity index is 1.33. The van der Waals surface area contributed by atoms with Gasteiger partial charge in [-0.25, -0.2) is 0 Å². The predicted octanol–water partition coefficient (Wildman–Crippen LogP) is 3.58. The molecule has 0 saturated heterocycles. The molecule has 0 unspecified atom stereocenters. The van der Waals surface area contributed by atoms with Crippen LogP contribution in [-0.2, 0) is 4.79 Å². The van der Waals surface area contributed by atoms with Gasteiger partial charge in [-0.05, 0) is 12.1 Å². The quantitative estimate of drug-likeness (QED) is 0.502. The van der Waals surface area contributed by atoms with Crippen LogP contribution in [0.15, 0.2) is 62.8 Å². The summed E-state index contributed by atoms with van der Waals surface area (Å²) in [6.45, 7) is 0. The topological polar surface area (TPSA) is 107 Å². The van der Waals surface area contributed by atoms with Crippen molar-refractivity contribution in [1.29, 1.82) is 0 Å². The van der Waals surface area contributed by atoms with Gasteiger partial charge in [0.2, 0.25) is 11.0 Å². The lowest BCUT2D eigenvalue weighted by atomic mass is 10.2. The van der Waals surface area contributed by atoms with E-state index >= 15 is 0 Å². The first kappa shape index (κ1) is 16.5. The second-order valence-electron chi connectivity index (χ2n) is 4.97. The lowest BCUT2D eigenvalue weighted by molar-refractivity contribution is -0.113. The zero-order valence-electron chi connectivity index (χ0n) is 13.2. The van der Waals surface area contributed by atoms with Gasteiger partial charge in [0.1, 0.15) is 5.01 Å². The Labute approximate surface area is 155 Å². The van der Waals surface area contributed by atoms with E-state index in [9.17, 15) is 4.79 Å². The van der Waals surface area contributed by atoms with Gasteiger partial charge in [0, 0.05) is 5.56 Å². The zero-order chi connectivity index (χ0) is 17.8. The van der Waals surface area contributed by atoms with Crippen molar-refractivity contribution < 1.29 is 13.6 Å². The molecule has 4 aromatic rings. The highest BCUT2D eigenvalue weighted by atomic mass is 32.2. The first-order chi connectivity index (χ1) is 12.8. The first-order valence-corrected chi connectivity index (χ1v) is 9.27. The van der Waals surface area contributed by atoms with Gasteiger partial charge in [-0.1, -0.05) is 53.4 Å². The number of anilines is 1. The number of nitrogens with one attached hydrogen (secondary N) is 1. The second kappa shape index (κ2) is 7.50. The number of benzene rings is 1. The molecule has 3 aromatic heterocycles. The molecule has 3 heterocycles. The summed E-state index contributed by atoms with van der Waals surface area (Å²) in [5.41, 5.74) is 0.955. The molecule has 0 aliphatic rings. The van der Waals surface area contributed by atoms with E-state index < -0.39 is 0 Å². The van der Waals surface area contributed by atoms with Gasteiger partial charge < -0.3 is 8.83 Å². The van der Waals surface area contributed by atoms with E-state index in [1.807, 2.05) is 30.3 Å². The number of amides is 1. The van der Waals surface area contributed by atoms with Crippen LogP contribution in [0.5, 0.6) is 0 Å². The number of aromatic nitrogens is 4. The summed E-state index contributed by atoms with van der Waals surface area (Å²) in [6, 6.07) is 13.1. The highest BCUT2D eigenvalue weighted by Crippen LogP contribution is 2.27. The highest BCUT2D eigenvalue weighted by Gasteiger charge is 2.14. The minimum Gasteiger partial charge on any atom is -0.459 e. The summed E-state index contributed by atoms with van der Waals surface area (Å²) >= 11 is 2.44. The monoisotopic (exact) mass is 385 g/mol. The van der Waals surface area contributed by atoms with Crippen LogP contribution in [0.1, 0.15) is 0 Å². The van der Waals surface area contributed by atoms with Crippen LogP contribution < -0.4 is 5.32 Å². The molecule has 0 spiro atoms. The number of hydrogen-bond acceptors (Lipinski definition) is 9. The molecule has 0 saturated carbocycles. The van der Waals surface area contributed by atoms with Crippen LogP contribution in [0.4, 0.5) is 5.13 Å². The maximum absolute atomic E-state index is 12.1. The fourth-order valence-corrected chi connectivity index (χ4v) is 3.35. The maximum atomic E-state index is 12.1. The molecule has 1 amide bonds. The molecule has 4 rings (SSSR count). The van der Waals surface area contributed by atoms with Crippen molar-refractivity contribution in [2.24, 2.45) is 0 Å². The highest BCUT2D eigenvalue weighted by molar-refractivity contribution is 7.99. The molecule has 10 heteroatoms. The van der Waals surface area contributed by atoms with E-state index in [0.29, 0.717) is 10.9 Å². The van der Waals surface area contributed by atoms with Crippen molar-refractivity contribution in [2.75, 3.05) is 11.1 Å². The third-order valence-electron chi connectivity index (χ3n) is 3.16. The molecule has 130 valence electrons. The van der Waals surface area contributed by atoms with Gasteiger partial charge in [0.25, 0.3) is 11.1 Å². The van der Waals surface area contributed by atoms with Crippen molar-refractivity contribution in [3.63, 3.8) is 0 Å². The molecule has 0 bridgehead atoms. The Morgan fingerprint density at radius 1 is 1.08 bits per heavy atom. The van der Waals surface area contributed by atoms with E-state index in [-0.39, 0.29) is 22.8 Å². The minimum absolute atomic E-state index is 0.111. The van der Waals surface area contributed by atoms with Crippen LogP contribution in [0, 0.1) is 0 Å². The Kier molecular flexibility index (Phi) is 4.75. The standard InChI is InChI=1S/C16H11N5O3S2/c22-12(9-25-16-21-18-13(24-16)11-7-4-8-23-11)17-15-20-19-14(26-15)10-5-2-1-3-6-10/h1-8H,9H2,(H,17,20,22).